The Morgan fingerprint density at radius 1 is 0.875 bits per heavy atom. The van der Waals surface area contributed by atoms with E-state index in [1.165, 1.54) is 4.31 Å². The zero-order valence-corrected chi connectivity index (χ0v) is 27.2. The lowest BCUT2D eigenvalue weighted by atomic mass is 10.0. The minimum atomic E-state index is -3.88. The third kappa shape index (κ3) is 6.11. The number of para-hydroxylation sites is 1. The van der Waals surface area contributed by atoms with Gasteiger partial charge in [0.1, 0.15) is 5.75 Å². The predicted molar refractivity (Wildman–Crippen MR) is 183 cm³/mol. The molecule has 7 rings (SSSR count). The number of benzene rings is 4. The van der Waals surface area contributed by atoms with Gasteiger partial charge in [0.25, 0.3) is 0 Å². The molecule has 0 radical (unpaired) electrons. The number of carboxylic acid groups (broad SMARTS) is 1. The van der Waals surface area contributed by atoms with Crippen LogP contribution in [0.25, 0.3) is 32.8 Å². The first-order valence-corrected chi connectivity index (χ1v) is 17.8. The van der Waals surface area contributed by atoms with E-state index in [0.717, 1.165) is 34.9 Å². The summed E-state index contributed by atoms with van der Waals surface area (Å²) in [5.41, 5.74) is 2.40. The summed E-state index contributed by atoms with van der Waals surface area (Å²) >= 11 is 0. The van der Waals surface area contributed by atoms with Gasteiger partial charge in [0, 0.05) is 59.6 Å². The van der Waals surface area contributed by atoms with Gasteiger partial charge in [-0.05, 0) is 49.6 Å². The van der Waals surface area contributed by atoms with E-state index >= 15 is 0 Å². The molecule has 2 aliphatic heterocycles. The van der Waals surface area contributed by atoms with Gasteiger partial charge in [-0.15, -0.1) is 0 Å². The van der Waals surface area contributed by atoms with Crippen LogP contribution in [0.4, 0.5) is 4.79 Å². The lowest BCUT2D eigenvalue weighted by Gasteiger charge is -2.36. The largest absolute Gasteiger partial charge is 0.512 e. The van der Waals surface area contributed by atoms with Gasteiger partial charge in [0.15, 0.2) is 0 Å². The van der Waals surface area contributed by atoms with E-state index in [0.29, 0.717) is 74.0 Å². The Kier molecular flexibility index (Phi) is 8.81. The van der Waals surface area contributed by atoms with Gasteiger partial charge in [0.2, 0.25) is 21.8 Å². The minimum Gasteiger partial charge on any atom is -0.493 e. The van der Waals surface area contributed by atoms with Crippen LogP contribution in [0, 0.1) is 0 Å². The molecule has 48 heavy (non-hydrogen) atoms. The van der Waals surface area contributed by atoms with Crippen LogP contribution in [0.1, 0.15) is 37.7 Å². The van der Waals surface area contributed by atoms with Crippen LogP contribution in [0.2, 0.25) is 0 Å². The molecule has 1 amide bonds. The van der Waals surface area contributed by atoms with Gasteiger partial charge in [0.05, 0.1) is 17.0 Å². The van der Waals surface area contributed by atoms with E-state index in [1.807, 2.05) is 65.6 Å². The maximum atomic E-state index is 14.1. The molecular formula is C37H37N3O7S. The number of likely N-dealkylation sites (tertiary alicyclic amines) is 1. The van der Waals surface area contributed by atoms with Crippen molar-refractivity contribution in [2.24, 2.45) is 0 Å². The maximum absolute atomic E-state index is 14.1. The highest BCUT2D eigenvalue weighted by Crippen LogP contribution is 2.39. The number of amides is 1. The molecule has 5 aromatic rings. The first kappa shape index (κ1) is 31.7. The highest BCUT2D eigenvalue weighted by atomic mass is 32.2. The summed E-state index contributed by atoms with van der Waals surface area (Å²) in [6.45, 7) is 1.81. The number of aromatic nitrogens is 1. The number of fused-ring (bicyclic) bond motifs is 2. The molecule has 2 fully saturated rings. The Morgan fingerprint density at radius 2 is 1.58 bits per heavy atom. The van der Waals surface area contributed by atoms with E-state index in [-0.39, 0.29) is 22.7 Å². The SMILES string of the molecule is O=C(O)Oc1[nH]c2c(-c3ccccc3S(=O)(=O)N3CCC(N4CCCC4=O)CC3)cccc2c1CCCOc1cccc2ccccc12. The van der Waals surface area contributed by atoms with E-state index in [9.17, 15) is 23.1 Å². The van der Waals surface area contributed by atoms with Crippen LogP contribution in [-0.4, -0.2) is 72.1 Å². The third-order valence-electron chi connectivity index (χ3n) is 9.44. The molecule has 3 heterocycles. The van der Waals surface area contributed by atoms with Crippen molar-refractivity contribution in [2.75, 3.05) is 26.2 Å². The topological polar surface area (TPSA) is 129 Å². The number of ether oxygens (including phenoxy) is 2. The normalized spacial score (nSPS) is 16.2. The summed E-state index contributed by atoms with van der Waals surface area (Å²) < 4.78 is 41.1. The monoisotopic (exact) mass is 667 g/mol. The highest BCUT2D eigenvalue weighted by molar-refractivity contribution is 7.89. The molecule has 0 aliphatic carbocycles. The number of hydrogen-bond donors (Lipinski definition) is 2. The van der Waals surface area contributed by atoms with Crippen molar-refractivity contribution in [3.05, 3.63) is 90.5 Å². The first-order valence-electron chi connectivity index (χ1n) is 16.3. The van der Waals surface area contributed by atoms with Crippen molar-refractivity contribution in [2.45, 2.75) is 49.5 Å². The summed E-state index contributed by atoms with van der Waals surface area (Å²) in [4.78, 5) is 29.2. The number of nitrogens with one attached hydrogen (secondary N) is 1. The number of hydrogen-bond acceptors (Lipinski definition) is 6. The van der Waals surface area contributed by atoms with Crippen LogP contribution in [-0.2, 0) is 21.2 Å². The molecular weight excluding hydrogens is 630 g/mol. The Morgan fingerprint density at radius 3 is 2.38 bits per heavy atom. The summed E-state index contributed by atoms with van der Waals surface area (Å²) in [5.74, 6) is 1.04. The Hall–Kier alpha value is -4.87. The van der Waals surface area contributed by atoms with Gasteiger partial charge >= 0.3 is 6.16 Å². The second-order valence-corrected chi connectivity index (χ2v) is 14.2. The molecule has 1 aromatic heterocycles. The Bertz CT molecular complexity index is 2100. The molecule has 4 aromatic carbocycles. The minimum absolute atomic E-state index is 0.0675. The number of rotatable bonds is 10. The second-order valence-electron chi connectivity index (χ2n) is 12.3. The zero-order chi connectivity index (χ0) is 33.3. The lowest BCUT2D eigenvalue weighted by Crippen LogP contribution is -2.47. The number of piperidine rings is 1. The van der Waals surface area contributed by atoms with Crippen molar-refractivity contribution < 1.29 is 32.6 Å². The Labute approximate surface area is 278 Å². The van der Waals surface area contributed by atoms with Gasteiger partial charge < -0.3 is 24.5 Å². The molecule has 2 aliphatic rings. The fourth-order valence-electron chi connectivity index (χ4n) is 7.15. The average molecular weight is 668 g/mol. The summed E-state index contributed by atoms with van der Waals surface area (Å²) in [6, 6.07) is 26.4. The van der Waals surface area contributed by atoms with Crippen LogP contribution in [0.5, 0.6) is 11.6 Å². The van der Waals surface area contributed by atoms with E-state index < -0.39 is 16.2 Å². The highest BCUT2D eigenvalue weighted by Gasteiger charge is 2.36. The smallest absolute Gasteiger partial charge is 0.493 e. The quantitative estimate of drug-likeness (QED) is 0.123. The fraction of sp³-hybridized carbons (Fsp3) is 0.297. The molecule has 0 saturated carbocycles. The maximum Gasteiger partial charge on any atom is 0.512 e. The van der Waals surface area contributed by atoms with Crippen molar-refractivity contribution in [3.63, 3.8) is 0 Å². The number of aryl methyl sites for hydroxylation is 1. The molecule has 0 spiro atoms. The number of carbonyl (C=O) groups is 2. The van der Waals surface area contributed by atoms with Crippen molar-refractivity contribution in [1.29, 1.82) is 0 Å². The number of nitrogens with zero attached hydrogens (tertiary/aromatic N) is 2. The standard InChI is InChI=1S/C37H37N3O7S/c41-34-18-7-21-40(34)26-19-22-39(23-20-26)48(44,45)33-17-4-3-12-28(33)29-13-6-14-30-31(36(38-35(29)30)47-37(42)43)15-8-24-46-32-16-5-10-25-9-1-2-11-27(25)32/h1-6,9-14,16-17,26,38H,7-8,15,18-24H2,(H,42,43). The number of sulfonamides is 1. The summed E-state index contributed by atoms with van der Waals surface area (Å²) in [6.07, 6.45) is 2.22. The van der Waals surface area contributed by atoms with Crippen LogP contribution in [0.15, 0.2) is 89.8 Å². The van der Waals surface area contributed by atoms with Gasteiger partial charge in [-0.25, -0.2) is 13.2 Å². The van der Waals surface area contributed by atoms with E-state index in [2.05, 4.69) is 4.98 Å². The molecule has 10 nitrogen and oxygen atoms in total. The van der Waals surface area contributed by atoms with E-state index in [1.54, 1.807) is 24.3 Å². The van der Waals surface area contributed by atoms with Crippen LogP contribution >= 0.6 is 0 Å². The van der Waals surface area contributed by atoms with Gasteiger partial charge in [-0.1, -0.05) is 72.8 Å². The third-order valence-corrected chi connectivity index (χ3v) is 11.4. The van der Waals surface area contributed by atoms with Crippen molar-refractivity contribution in [1.82, 2.24) is 14.2 Å². The molecule has 2 saturated heterocycles. The molecule has 11 heteroatoms. The summed E-state index contributed by atoms with van der Waals surface area (Å²) in [7, 11) is -3.88. The lowest BCUT2D eigenvalue weighted by molar-refractivity contribution is -0.130. The number of carbonyl (C=O) groups excluding carboxylic acids is 1. The molecule has 2 N–H and O–H groups in total. The molecule has 248 valence electrons. The van der Waals surface area contributed by atoms with Crippen molar-refractivity contribution in [3.8, 4) is 22.8 Å². The van der Waals surface area contributed by atoms with Gasteiger partial charge in [-0.3, -0.25) is 4.79 Å². The summed E-state index contributed by atoms with van der Waals surface area (Å²) in [5, 5.41) is 12.4. The molecule has 0 atom stereocenters. The fourth-order valence-corrected chi connectivity index (χ4v) is 8.83. The zero-order valence-electron chi connectivity index (χ0n) is 26.4. The van der Waals surface area contributed by atoms with E-state index in [4.69, 9.17) is 9.47 Å². The predicted octanol–water partition coefficient (Wildman–Crippen LogP) is 6.83. The van der Waals surface area contributed by atoms with Gasteiger partial charge in [-0.2, -0.15) is 4.31 Å². The Balaban J connectivity index is 1.15. The molecule has 0 bridgehead atoms. The van der Waals surface area contributed by atoms with Crippen LogP contribution in [0.3, 0.4) is 0 Å². The average Bonchev–Trinajstić information content (AvgIpc) is 3.69. The first-order chi connectivity index (χ1) is 23.3. The van der Waals surface area contributed by atoms with Crippen molar-refractivity contribution >= 4 is 43.8 Å². The van der Waals surface area contributed by atoms with Crippen LogP contribution < -0.4 is 9.47 Å². The number of aromatic amines is 1. The second kappa shape index (κ2) is 13.3. The number of H-pyrrole nitrogens is 1. The molecule has 0 unspecified atom stereocenters.